The zero-order chi connectivity index (χ0) is 14.0. The lowest BCUT2D eigenvalue weighted by atomic mass is 9.99. The fourth-order valence-corrected chi connectivity index (χ4v) is 1.59. The molecule has 0 spiro atoms. The highest BCUT2D eigenvalue weighted by Gasteiger charge is 2.27. The Kier molecular flexibility index (Phi) is 8.47. The summed E-state index contributed by atoms with van der Waals surface area (Å²) in [6.07, 6.45) is 3.45. The van der Waals surface area contributed by atoms with Gasteiger partial charge in [0.05, 0.1) is 12.6 Å². The van der Waals surface area contributed by atoms with Crippen molar-refractivity contribution >= 4 is 18.1 Å². The van der Waals surface area contributed by atoms with E-state index in [2.05, 4.69) is 17.2 Å². The Bertz CT molecular complexity index is 305. The minimum absolute atomic E-state index is 0.0520. The van der Waals surface area contributed by atoms with Crippen LogP contribution in [-0.4, -0.2) is 37.2 Å². The number of rotatable bonds is 5. The Morgan fingerprint density at radius 1 is 1.72 bits per heavy atom. The summed E-state index contributed by atoms with van der Waals surface area (Å²) in [4.78, 5) is 32.8. The molecule has 0 aliphatic carbocycles. The quantitative estimate of drug-likeness (QED) is 0.448. The van der Waals surface area contributed by atoms with E-state index in [1.54, 1.807) is 6.08 Å². The van der Waals surface area contributed by atoms with E-state index < -0.39 is 6.04 Å². The third-order valence-electron chi connectivity index (χ3n) is 2.40. The van der Waals surface area contributed by atoms with Gasteiger partial charge in [0.25, 0.3) is 0 Å². The van der Waals surface area contributed by atoms with Gasteiger partial charge in [0, 0.05) is 12.5 Å². The van der Waals surface area contributed by atoms with Crippen molar-refractivity contribution in [2.24, 2.45) is 11.7 Å². The maximum atomic E-state index is 11.2. The van der Waals surface area contributed by atoms with Crippen molar-refractivity contribution in [3.63, 3.8) is 0 Å². The molecular weight excluding hydrogens is 234 g/mol. The number of amides is 2. The van der Waals surface area contributed by atoms with E-state index in [9.17, 15) is 14.4 Å². The fraction of sp³-hybridized carbons (Fsp3) is 0.583. The number of carbonyl (C=O) groups is 3. The summed E-state index contributed by atoms with van der Waals surface area (Å²) >= 11 is 0. The monoisotopic (exact) mass is 255 g/mol. The topological polar surface area (TPSA) is 101 Å². The Labute approximate surface area is 107 Å². The SMILES string of the molecule is C=CC.NCC(=O)NC(C=O)CC1CCNC1=O. The number of hydrogen-bond donors (Lipinski definition) is 3. The van der Waals surface area contributed by atoms with Gasteiger partial charge in [0.2, 0.25) is 11.8 Å². The fourth-order valence-electron chi connectivity index (χ4n) is 1.59. The molecule has 1 aliphatic heterocycles. The number of hydrogen-bond acceptors (Lipinski definition) is 4. The van der Waals surface area contributed by atoms with Crippen molar-refractivity contribution in [1.82, 2.24) is 10.6 Å². The predicted molar refractivity (Wildman–Crippen MR) is 68.7 cm³/mol. The molecular formula is C12H21N3O3. The van der Waals surface area contributed by atoms with Crippen LogP contribution in [0.15, 0.2) is 12.7 Å². The molecule has 1 heterocycles. The average Bonchev–Trinajstić information content (AvgIpc) is 2.75. The van der Waals surface area contributed by atoms with Crippen LogP contribution in [0.1, 0.15) is 19.8 Å². The van der Waals surface area contributed by atoms with Crippen LogP contribution >= 0.6 is 0 Å². The third-order valence-corrected chi connectivity index (χ3v) is 2.40. The van der Waals surface area contributed by atoms with E-state index in [1.165, 1.54) is 0 Å². The number of nitrogens with one attached hydrogen (secondary N) is 2. The van der Waals surface area contributed by atoms with Crippen molar-refractivity contribution in [1.29, 1.82) is 0 Å². The van der Waals surface area contributed by atoms with E-state index in [4.69, 9.17) is 5.73 Å². The Balaban J connectivity index is 0.000000873. The van der Waals surface area contributed by atoms with Gasteiger partial charge in [-0.25, -0.2) is 0 Å². The maximum Gasteiger partial charge on any atom is 0.234 e. The smallest absolute Gasteiger partial charge is 0.234 e. The van der Waals surface area contributed by atoms with Gasteiger partial charge in [-0.1, -0.05) is 6.08 Å². The Hall–Kier alpha value is -1.69. The molecule has 0 aromatic carbocycles. The van der Waals surface area contributed by atoms with Crippen LogP contribution in [0, 0.1) is 5.92 Å². The van der Waals surface area contributed by atoms with Gasteiger partial charge in [-0.2, -0.15) is 0 Å². The van der Waals surface area contributed by atoms with Crippen LogP contribution in [0.4, 0.5) is 0 Å². The molecule has 6 nitrogen and oxygen atoms in total. The van der Waals surface area contributed by atoms with E-state index in [0.717, 1.165) is 0 Å². The van der Waals surface area contributed by atoms with Crippen LogP contribution in [0.3, 0.4) is 0 Å². The minimum atomic E-state index is -0.616. The molecule has 1 fully saturated rings. The zero-order valence-electron chi connectivity index (χ0n) is 10.6. The lowest BCUT2D eigenvalue weighted by Crippen LogP contribution is -2.41. The molecule has 2 atom stereocenters. The molecule has 2 amide bonds. The highest BCUT2D eigenvalue weighted by Crippen LogP contribution is 2.15. The number of nitrogens with two attached hydrogens (primary N) is 1. The number of aldehydes is 1. The van der Waals surface area contributed by atoms with Crippen molar-refractivity contribution in [3.05, 3.63) is 12.7 Å². The average molecular weight is 255 g/mol. The lowest BCUT2D eigenvalue weighted by Gasteiger charge is -2.14. The number of carbonyl (C=O) groups excluding carboxylic acids is 3. The largest absolute Gasteiger partial charge is 0.356 e. The van der Waals surface area contributed by atoms with Gasteiger partial charge in [-0.05, 0) is 19.8 Å². The lowest BCUT2D eigenvalue weighted by molar-refractivity contribution is -0.125. The molecule has 0 aromatic heterocycles. The molecule has 0 bridgehead atoms. The van der Waals surface area contributed by atoms with Crippen LogP contribution in [0.25, 0.3) is 0 Å². The molecule has 102 valence electrons. The first-order valence-electron chi connectivity index (χ1n) is 5.88. The summed E-state index contributed by atoms with van der Waals surface area (Å²) in [7, 11) is 0. The molecule has 1 aliphatic rings. The van der Waals surface area contributed by atoms with Gasteiger partial charge < -0.3 is 21.2 Å². The third kappa shape index (κ3) is 6.15. The maximum absolute atomic E-state index is 11.2. The van der Waals surface area contributed by atoms with Crippen LogP contribution in [0.5, 0.6) is 0 Å². The van der Waals surface area contributed by atoms with E-state index in [1.807, 2.05) is 6.92 Å². The van der Waals surface area contributed by atoms with E-state index in [-0.39, 0.29) is 24.3 Å². The molecule has 6 heteroatoms. The highest BCUT2D eigenvalue weighted by molar-refractivity contribution is 5.83. The van der Waals surface area contributed by atoms with Crippen molar-refractivity contribution in [3.8, 4) is 0 Å². The van der Waals surface area contributed by atoms with Gasteiger partial charge >= 0.3 is 0 Å². The molecule has 0 aromatic rings. The molecule has 18 heavy (non-hydrogen) atoms. The van der Waals surface area contributed by atoms with Crippen LogP contribution < -0.4 is 16.4 Å². The molecule has 0 saturated carbocycles. The molecule has 0 radical (unpaired) electrons. The summed E-state index contributed by atoms with van der Waals surface area (Å²) in [6, 6.07) is -0.616. The van der Waals surface area contributed by atoms with Gasteiger partial charge in [-0.3, -0.25) is 9.59 Å². The second-order valence-corrected chi connectivity index (χ2v) is 3.93. The van der Waals surface area contributed by atoms with E-state index >= 15 is 0 Å². The predicted octanol–water partition coefficient (Wildman–Crippen LogP) is -0.653. The summed E-state index contributed by atoms with van der Waals surface area (Å²) in [5, 5.41) is 5.13. The van der Waals surface area contributed by atoms with Crippen molar-refractivity contribution < 1.29 is 14.4 Å². The first kappa shape index (κ1) is 16.3. The minimum Gasteiger partial charge on any atom is -0.356 e. The first-order chi connectivity index (χ1) is 8.58. The Morgan fingerprint density at radius 2 is 2.33 bits per heavy atom. The second kappa shape index (κ2) is 9.35. The van der Waals surface area contributed by atoms with E-state index in [0.29, 0.717) is 25.7 Å². The van der Waals surface area contributed by atoms with Crippen molar-refractivity contribution in [2.45, 2.75) is 25.8 Å². The molecule has 1 saturated heterocycles. The summed E-state index contributed by atoms with van der Waals surface area (Å²) in [5.74, 6) is -0.618. The molecule has 4 N–H and O–H groups in total. The van der Waals surface area contributed by atoms with Gasteiger partial charge in [0.1, 0.15) is 6.29 Å². The van der Waals surface area contributed by atoms with Crippen LogP contribution in [0.2, 0.25) is 0 Å². The molecule has 1 rings (SSSR count). The molecule has 2 unspecified atom stereocenters. The summed E-state index contributed by atoms with van der Waals surface area (Å²) in [5.41, 5.74) is 5.10. The summed E-state index contributed by atoms with van der Waals surface area (Å²) in [6.45, 7) is 5.74. The second-order valence-electron chi connectivity index (χ2n) is 3.93. The summed E-state index contributed by atoms with van der Waals surface area (Å²) < 4.78 is 0. The van der Waals surface area contributed by atoms with Crippen molar-refractivity contribution in [2.75, 3.05) is 13.1 Å². The normalized spacial score (nSPS) is 19.0. The zero-order valence-corrected chi connectivity index (χ0v) is 10.6. The van der Waals surface area contributed by atoms with Gasteiger partial charge in [0.15, 0.2) is 0 Å². The standard InChI is InChI=1S/C9H15N3O3.C3H6/c10-4-8(14)12-7(5-13)3-6-1-2-11-9(6)15;1-3-2/h5-7H,1-4,10H2,(H,11,15)(H,12,14);3H,1H2,2H3. The number of allylic oxidation sites excluding steroid dienone is 1. The highest BCUT2D eigenvalue weighted by atomic mass is 16.2. The van der Waals surface area contributed by atoms with Gasteiger partial charge in [-0.15, -0.1) is 6.58 Å². The first-order valence-corrected chi connectivity index (χ1v) is 5.88. The Morgan fingerprint density at radius 3 is 2.72 bits per heavy atom. The van der Waals surface area contributed by atoms with Crippen LogP contribution in [-0.2, 0) is 14.4 Å².